The van der Waals surface area contributed by atoms with E-state index in [1.165, 1.54) is 25.0 Å². The minimum atomic E-state index is -4.36. The predicted molar refractivity (Wildman–Crippen MR) is 112 cm³/mol. The van der Waals surface area contributed by atoms with E-state index in [0.29, 0.717) is 28.6 Å². The minimum Gasteiger partial charge on any atom is -0.349 e. The number of aromatic nitrogens is 2. The number of pyridine rings is 1. The molecule has 5 rings (SSSR count). The second-order valence-corrected chi connectivity index (χ2v) is 9.32. The number of nitrogens with zero attached hydrogens (tertiary/aromatic N) is 2. The van der Waals surface area contributed by atoms with Gasteiger partial charge >= 0.3 is 6.18 Å². The summed E-state index contributed by atoms with van der Waals surface area (Å²) in [5.74, 6) is 0.678. The summed E-state index contributed by atoms with van der Waals surface area (Å²) in [6.45, 7) is 2.63. The van der Waals surface area contributed by atoms with Gasteiger partial charge in [0.2, 0.25) is 0 Å². The molecule has 1 spiro atoms. The van der Waals surface area contributed by atoms with Gasteiger partial charge in [-0.25, -0.2) is 0 Å². The fraction of sp³-hybridized carbons (Fsp3) is 0.417. The van der Waals surface area contributed by atoms with Gasteiger partial charge in [0.15, 0.2) is 0 Å². The summed E-state index contributed by atoms with van der Waals surface area (Å²) < 4.78 is 40.3. The lowest BCUT2D eigenvalue weighted by molar-refractivity contribution is -0.137. The molecular weight excluding hydrogens is 403 g/mol. The molecule has 2 aliphatic rings. The zero-order chi connectivity index (χ0) is 21.8. The number of benzene rings is 1. The minimum absolute atomic E-state index is 0.119. The van der Waals surface area contributed by atoms with Crippen LogP contribution in [0.25, 0.3) is 11.0 Å². The molecule has 2 heterocycles. The fourth-order valence-corrected chi connectivity index (χ4v) is 5.54. The van der Waals surface area contributed by atoms with Crippen molar-refractivity contribution in [3.63, 3.8) is 0 Å². The Morgan fingerprint density at radius 2 is 1.84 bits per heavy atom. The van der Waals surface area contributed by atoms with E-state index in [1.54, 1.807) is 12.3 Å². The molecule has 3 aromatic rings. The van der Waals surface area contributed by atoms with Crippen LogP contribution in [-0.4, -0.2) is 21.5 Å². The summed E-state index contributed by atoms with van der Waals surface area (Å²) in [6, 6.07) is 8.85. The third-order valence-corrected chi connectivity index (χ3v) is 6.79. The SMILES string of the molecule is CC1CC2(C1)CC(NC(=O)c1ccnc3ccn(Cc4ccc(C(F)(F)F)cc4)c13)C2. The molecule has 0 saturated heterocycles. The summed E-state index contributed by atoms with van der Waals surface area (Å²) in [4.78, 5) is 17.4. The highest BCUT2D eigenvalue weighted by atomic mass is 19.4. The fourth-order valence-electron chi connectivity index (χ4n) is 5.54. The van der Waals surface area contributed by atoms with E-state index in [2.05, 4.69) is 17.2 Å². The van der Waals surface area contributed by atoms with E-state index < -0.39 is 11.7 Å². The Kier molecular flexibility index (Phi) is 4.61. The average molecular weight is 427 g/mol. The lowest BCUT2D eigenvalue weighted by Crippen LogP contribution is -2.55. The molecule has 7 heteroatoms. The van der Waals surface area contributed by atoms with Crippen molar-refractivity contribution in [2.75, 3.05) is 0 Å². The van der Waals surface area contributed by atoms with Gasteiger partial charge in [0.1, 0.15) is 0 Å². The largest absolute Gasteiger partial charge is 0.416 e. The molecule has 0 unspecified atom stereocenters. The third kappa shape index (κ3) is 3.70. The highest BCUT2D eigenvalue weighted by Gasteiger charge is 2.51. The van der Waals surface area contributed by atoms with Crippen LogP contribution in [-0.2, 0) is 12.7 Å². The van der Waals surface area contributed by atoms with E-state index in [0.717, 1.165) is 36.5 Å². The number of alkyl halides is 3. The number of fused-ring (bicyclic) bond motifs is 1. The zero-order valence-electron chi connectivity index (χ0n) is 17.2. The van der Waals surface area contributed by atoms with Gasteiger partial charge in [-0.05, 0) is 66.8 Å². The molecule has 0 bridgehead atoms. The summed E-state index contributed by atoms with van der Waals surface area (Å²) in [7, 11) is 0. The molecule has 1 N–H and O–H groups in total. The van der Waals surface area contributed by atoms with Crippen LogP contribution in [0.3, 0.4) is 0 Å². The molecule has 1 aromatic carbocycles. The van der Waals surface area contributed by atoms with Crippen molar-refractivity contribution in [2.24, 2.45) is 11.3 Å². The van der Waals surface area contributed by atoms with Crippen LogP contribution in [0.4, 0.5) is 13.2 Å². The Labute approximate surface area is 178 Å². The lowest BCUT2D eigenvalue weighted by Gasteiger charge is -2.57. The molecule has 0 radical (unpaired) electrons. The Morgan fingerprint density at radius 1 is 1.13 bits per heavy atom. The maximum atomic E-state index is 13.0. The molecule has 2 aromatic heterocycles. The Morgan fingerprint density at radius 3 is 2.48 bits per heavy atom. The first-order valence-electron chi connectivity index (χ1n) is 10.6. The van der Waals surface area contributed by atoms with E-state index in [4.69, 9.17) is 0 Å². The molecule has 31 heavy (non-hydrogen) atoms. The summed E-state index contributed by atoms with van der Waals surface area (Å²) in [5, 5.41) is 3.16. The van der Waals surface area contributed by atoms with E-state index in [9.17, 15) is 18.0 Å². The van der Waals surface area contributed by atoms with Crippen LogP contribution >= 0.6 is 0 Å². The summed E-state index contributed by atoms with van der Waals surface area (Å²) in [6.07, 6.45) is 3.69. The maximum Gasteiger partial charge on any atom is 0.416 e. The monoisotopic (exact) mass is 427 g/mol. The summed E-state index contributed by atoms with van der Waals surface area (Å²) in [5.41, 5.74) is 2.44. The van der Waals surface area contributed by atoms with Crippen LogP contribution in [0, 0.1) is 11.3 Å². The molecule has 4 nitrogen and oxygen atoms in total. The Balaban J connectivity index is 1.34. The standard InChI is InChI=1S/C24H24F3N3O/c1-15-10-23(11-15)12-18(13-23)29-22(31)19-6-8-28-20-7-9-30(21(19)20)14-16-2-4-17(5-3-16)24(25,26)27/h2-9,15,18H,10-14H2,1H3,(H,29,31). The molecule has 0 aliphatic heterocycles. The van der Waals surface area contributed by atoms with Gasteiger partial charge in [0.25, 0.3) is 5.91 Å². The first-order valence-corrected chi connectivity index (χ1v) is 10.6. The van der Waals surface area contributed by atoms with Crippen LogP contribution in [0.15, 0.2) is 48.8 Å². The molecule has 162 valence electrons. The van der Waals surface area contributed by atoms with Gasteiger partial charge in [0, 0.05) is 25.0 Å². The highest BCUT2D eigenvalue weighted by Crippen LogP contribution is 2.58. The van der Waals surface area contributed by atoms with Crippen molar-refractivity contribution in [3.05, 3.63) is 65.5 Å². The molecule has 0 atom stereocenters. The van der Waals surface area contributed by atoms with E-state index in [1.807, 2.05) is 16.8 Å². The zero-order valence-corrected chi connectivity index (χ0v) is 17.2. The number of hydrogen-bond acceptors (Lipinski definition) is 2. The number of rotatable bonds is 4. The van der Waals surface area contributed by atoms with Crippen molar-refractivity contribution < 1.29 is 18.0 Å². The number of carbonyl (C=O) groups is 1. The smallest absolute Gasteiger partial charge is 0.349 e. The van der Waals surface area contributed by atoms with Crippen LogP contribution in [0.2, 0.25) is 0 Å². The lowest BCUT2D eigenvalue weighted by atomic mass is 9.50. The summed E-state index contributed by atoms with van der Waals surface area (Å²) >= 11 is 0. The number of nitrogens with one attached hydrogen (secondary N) is 1. The molecular formula is C24H24F3N3O. The predicted octanol–water partition coefficient (Wildman–Crippen LogP) is 5.41. The van der Waals surface area contributed by atoms with Crippen LogP contribution < -0.4 is 5.32 Å². The number of carbonyl (C=O) groups excluding carboxylic acids is 1. The average Bonchev–Trinajstić information content (AvgIpc) is 3.08. The normalized spacial score (nSPS) is 25.3. The van der Waals surface area contributed by atoms with Crippen molar-refractivity contribution in [1.82, 2.24) is 14.9 Å². The first kappa shape index (κ1) is 20.1. The maximum absolute atomic E-state index is 13.0. The third-order valence-electron chi connectivity index (χ3n) is 6.79. The molecule has 1 amide bonds. The number of amides is 1. The molecule has 2 aliphatic carbocycles. The van der Waals surface area contributed by atoms with Gasteiger partial charge in [0.05, 0.1) is 22.2 Å². The quantitative estimate of drug-likeness (QED) is 0.605. The number of halogens is 3. The van der Waals surface area contributed by atoms with Crippen molar-refractivity contribution in [1.29, 1.82) is 0 Å². The highest BCUT2D eigenvalue weighted by molar-refractivity contribution is 6.05. The topological polar surface area (TPSA) is 46.9 Å². The van der Waals surface area contributed by atoms with Gasteiger partial charge in [-0.3, -0.25) is 9.78 Å². The van der Waals surface area contributed by atoms with Gasteiger partial charge in [-0.1, -0.05) is 19.1 Å². The molecule has 2 fully saturated rings. The van der Waals surface area contributed by atoms with Crippen molar-refractivity contribution in [3.8, 4) is 0 Å². The second kappa shape index (κ2) is 7.11. The van der Waals surface area contributed by atoms with Crippen LogP contribution in [0.5, 0.6) is 0 Å². The number of hydrogen-bond donors (Lipinski definition) is 1. The Bertz CT molecular complexity index is 1120. The van der Waals surface area contributed by atoms with Crippen LogP contribution in [0.1, 0.15) is 54.1 Å². The van der Waals surface area contributed by atoms with Crippen molar-refractivity contribution in [2.45, 2.75) is 51.4 Å². The first-order chi connectivity index (χ1) is 14.7. The van der Waals surface area contributed by atoms with Crippen molar-refractivity contribution >= 4 is 16.9 Å². The molecule has 2 saturated carbocycles. The van der Waals surface area contributed by atoms with Gasteiger partial charge in [-0.2, -0.15) is 13.2 Å². The van der Waals surface area contributed by atoms with Gasteiger partial charge in [-0.15, -0.1) is 0 Å². The van der Waals surface area contributed by atoms with E-state index >= 15 is 0 Å². The second-order valence-electron chi connectivity index (χ2n) is 9.32. The van der Waals surface area contributed by atoms with Gasteiger partial charge < -0.3 is 9.88 Å². The Hall–Kier alpha value is -2.83. The van der Waals surface area contributed by atoms with E-state index in [-0.39, 0.29) is 11.9 Å².